The zero-order valence-corrected chi connectivity index (χ0v) is 13.6. The Kier molecular flexibility index (Phi) is 4.37. The first-order chi connectivity index (χ1) is 11.7. The summed E-state index contributed by atoms with van der Waals surface area (Å²) in [4.78, 5) is 12.7. The number of hydrogen-bond donors (Lipinski definition) is 2. The standard InChI is InChI=1S/C14H14F3N3O4S/c15-11(16)6-19-4-3-8(5-19)9-1-2-10(21)14(13(9)17)20-7-12(22)18-25(20,23)24/h1-3,11,21H,4-7H2,(H,18,22). The van der Waals surface area contributed by atoms with Gasteiger partial charge in [0, 0.05) is 18.7 Å². The largest absolute Gasteiger partial charge is 0.506 e. The topological polar surface area (TPSA) is 90.0 Å². The Labute approximate surface area is 141 Å². The van der Waals surface area contributed by atoms with E-state index < -0.39 is 52.9 Å². The second-order valence-corrected chi connectivity index (χ2v) is 7.24. The van der Waals surface area contributed by atoms with Gasteiger partial charge >= 0.3 is 10.2 Å². The highest BCUT2D eigenvalue weighted by atomic mass is 32.2. The van der Waals surface area contributed by atoms with Crippen LogP contribution < -0.4 is 9.03 Å². The molecule has 0 unspecified atom stereocenters. The second kappa shape index (κ2) is 6.23. The maximum absolute atomic E-state index is 14.9. The van der Waals surface area contributed by atoms with Crippen LogP contribution in [0.25, 0.3) is 5.57 Å². The molecular formula is C14H14F3N3O4S. The number of nitrogens with zero attached hydrogens (tertiary/aromatic N) is 2. The Bertz CT molecular complexity index is 857. The predicted octanol–water partition coefficient (Wildman–Crippen LogP) is 0.676. The fraction of sp³-hybridized carbons (Fsp3) is 0.357. The van der Waals surface area contributed by atoms with Crippen LogP contribution in [-0.4, -0.2) is 56.9 Å². The fourth-order valence-electron chi connectivity index (χ4n) is 2.82. The quantitative estimate of drug-likeness (QED) is 0.805. The van der Waals surface area contributed by atoms with E-state index in [0.29, 0.717) is 9.88 Å². The van der Waals surface area contributed by atoms with E-state index in [0.717, 1.165) is 6.07 Å². The summed E-state index contributed by atoms with van der Waals surface area (Å²) in [7, 11) is -4.30. The van der Waals surface area contributed by atoms with Gasteiger partial charge in [-0.05, 0) is 17.7 Å². The SMILES string of the molecule is O=C1CN(c2c(O)ccc(C3=CCN(CC(F)F)C3)c2F)S(=O)(=O)N1. The van der Waals surface area contributed by atoms with Gasteiger partial charge in [-0.25, -0.2) is 22.2 Å². The third kappa shape index (κ3) is 3.29. The number of phenolic OH excluding ortho intramolecular Hbond substituents is 1. The van der Waals surface area contributed by atoms with E-state index in [4.69, 9.17) is 0 Å². The average molecular weight is 377 g/mol. The summed E-state index contributed by atoms with van der Waals surface area (Å²) in [5.41, 5.74) is -0.265. The maximum Gasteiger partial charge on any atom is 0.326 e. The molecule has 2 aliphatic rings. The van der Waals surface area contributed by atoms with Crippen LogP contribution in [0.1, 0.15) is 5.56 Å². The zero-order chi connectivity index (χ0) is 18.4. The van der Waals surface area contributed by atoms with Gasteiger partial charge in [-0.1, -0.05) is 6.08 Å². The Balaban J connectivity index is 1.96. The number of hydrogen-bond acceptors (Lipinski definition) is 5. The summed E-state index contributed by atoms with van der Waals surface area (Å²) in [6.45, 7) is -0.856. The Morgan fingerprint density at radius 2 is 2.00 bits per heavy atom. The lowest BCUT2D eigenvalue weighted by Crippen LogP contribution is -2.30. The highest BCUT2D eigenvalue weighted by Crippen LogP contribution is 2.38. The van der Waals surface area contributed by atoms with Crippen LogP contribution in [0.5, 0.6) is 5.75 Å². The molecule has 0 bridgehead atoms. The lowest BCUT2D eigenvalue weighted by atomic mass is 10.0. The van der Waals surface area contributed by atoms with Gasteiger partial charge in [0.25, 0.3) is 12.3 Å². The van der Waals surface area contributed by atoms with E-state index in [-0.39, 0.29) is 18.7 Å². The third-order valence-corrected chi connectivity index (χ3v) is 5.27. The molecule has 1 fully saturated rings. The normalized spacial score (nSPS) is 20.2. The van der Waals surface area contributed by atoms with Crippen LogP contribution in [0.3, 0.4) is 0 Å². The lowest BCUT2D eigenvalue weighted by molar-refractivity contribution is -0.117. The minimum absolute atomic E-state index is 0.0147. The molecule has 11 heteroatoms. The number of carbonyl (C=O) groups is 1. The zero-order valence-electron chi connectivity index (χ0n) is 12.7. The molecule has 0 aromatic heterocycles. The van der Waals surface area contributed by atoms with Gasteiger partial charge in [0.2, 0.25) is 0 Å². The minimum atomic E-state index is -4.30. The van der Waals surface area contributed by atoms with Crippen molar-refractivity contribution in [3.63, 3.8) is 0 Å². The van der Waals surface area contributed by atoms with Gasteiger partial charge in [0.05, 0.1) is 6.54 Å². The first kappa shape index (κ1) is 17.5. The number of rotatable bonds is 4. The smallest absolute Gasteiger partial charge is 0.326 e. The first-order valence-electron chi connectivity index (χ1n) is 7.23. The molecule has 2 aliphatic heterocycles. The molecule has 1 amide bonds. The Morgan fingerprint density at radius 3 is 2.60 bits per heavy atom. The van der Waals surface area contributed by atoms with Gasteiger partial charge in [-0.2, -0.15) is 8.42 Å². The van der Waals surface area contributed by atoms with E-state index in [1.54, 1.807) is 10.8 Å². The molecule has 1 saturated heterocycles. The summed E-state index contributed by atoms with van der Waals surface area (Å²) in [6, 6.07) is 2.34. The van der Waals surface area contributed by atoms with Crippen molar-refractivity contribution < 1.29 is 31.5 Å². The fourth-order valence-corrected chi connectivity index (χ4v) is 3.99. The third-order valence-electron chi connectivity index (χ3n) is 3.90. The lowest BCUT2D eigenvalue weighted by Gasteiger charge is -2.19. The molecule has 1 aromatic carbocycles. The van der Waals surface area contributed by atoms with Crippen LogP contribution in [-0.2, 0) is 15.0 Å². The van der Waals surface area contributed by atoms with E-state index >= 15 is 0 Å². The summed E-state index contributed by atoms with van der Waals surface area (Å²) in [5, 5.41) is 9.89. The molecule has 2 N–H and O–H groups in total. The number of aromatic hydroxyl groups is 1. The van der Waals surface area contributed by atoms with Crippen molar-refractivity contribution in [3.8, 4) is 5.75 Å². The van der Waals surface area contributed by atoms with Crippen LogP contribution in [0.15, 0.2) is 18.2 Å². The highest BCUT2D eigenvalue weighted by Gasteiger charge is 2.38. The van der Waals surface area contributed by atoms with Crippen molar-refractivity contribution >= 4 is 27.4 Å². The van der Waals surface area contributed by atoms with Crippen molar-refractivity contribution in [2.45, 2.75) is 6.43 Å². The average Bonchev–Trinajstić information content (AvgIpc) is 3.03. The number of benzene rings is 1. The molecule has 0 saturated carbocycles. The minimum Gasteiger partial charge on any atom is -0.506 e. The number of nitrogens with one attached hydrogen (secondary N) is 1. The molecule has 7 nitrogen and oxygen atoms in total. The molecule has 136 valence electrons. The number of phenols is 1. The van der Waals surface area contributed by atoms with Crippen LogP contribution in [0, 0.1) is 5.82 Å². The molecule has 0 aliphatic carbocycles. The van der Waals surface area contributed by atoms with Gasteiger partial charge in [-0.15, -0.1) is 0 Å². The number of alkyl halides is 2. The van der Waals surface area contributed by atoms with E-state index in [2.05, 4.69) is 0 Å². The van der Waals surface area contributed by atoms with E-state index in [9.17, 15) is 31.5 Å². The second-order valence-electron chi connectivity index (χ2n) is 5.65. The molecule has 25 heavy (non-hydrogen) atoms. The van der Waals surface area contributed by atoms with Crippen LogP contribution in [0.2, 0.25) is 0 Å². The molecular weight excluding hydrogens is 363 g/mol. The molecule has 1 aromatic rings. The number of halogens is 3. The Morgan fingerprint density at radius 1 is 1.28 bits per heavy atom. The molecule has 2 heterocycles. The molecule has 0 radical (unpaired) electrons. The number of carbonyl (C=O) groups excluding carboxylic acids is 1. The van der Waals surface area contributed by atoms with Crippen molar-refractivity contribution in [1.82, 2.24) is 9.62 Å². The number of anilines is 1. The van der Waals surface area contributed by atoms with Gasteiger partial charge < -0.3 is 5.11 Å². The highest BCUT2D eigenvalue weighted by molar-refractivity contribution is 7.92. The van der Waals surface area contributed by atoms with E-state index in [1.165, 1.54) is 11.0 Å². The summed E-state index contributed by atoms with van der Waals surface area (Å²) < 4.78 is 65.7. The first-order valence-corrected chi connectivity index (χ1v) is 8.67. The van der Waals surface area contributed by atoms with E-state index in [1.807, 2.05) is 0 Å². The summed E-state index contributed by atoms with van der Waals surface area (Å²) >= 11 is 0. The Hall–Kier alpha value is -2.27. The van der Waals surface area contributed by atoms with Gasteiger partial charge in [0.1, 0.15) is 18.0 Å². The predicted molar refractivity (Wildman–Crippen MR) is 82.9 cm³/mol. The summed E-state index contributed by atoms with van der Waals surface area (Å²) in [6.07, 6.45) is -0.969. The molecule has 0 spiro atoms. The van der Waals surface area contributed by atoms with Gasteiger partial charge in [0.15, 0.2) is 5.82 Å². The summed E-state index contributed by atoms with van der Waals surface area (Å²) in [5.74, 6) is -2.54. The maximum atomic E-state index is 14.9. The van der Waals surface area contributed by atoms with Crippen molar-refractivity contribution in [2.75, 3.05) is 30.5 Å². The van der Waals surface area contributed by atoms with Crippen molar-refractivity contribution in [3.05, 3.63) is 29.6 Å². The van der Waals surface area contributed by atoms with Crippen LogP contribution in [0.4, 0.5) is 18.9 Å². The van der Waals surface area contributed by atoms with Crippen LogP contribution >= 0.6 is 0 Å². The van der Waals surface area contributed by atoms with Crippen molar-refractivity contribution in [2.24, 2.45) is 0 Å². The van der Waals surface area contributed by atoms with Crippen molar-refractivity contribution in [1.29, 1.82) is 0 Å². The monoisotopic (exact) mass is 377 g/mol. The number of amides is 1. The molecule has 0 atom stereocenters. The molecule has 3 rings (SSSR count). The van der Waals surface area contributed by atoms with Gasteiger partial charge in [-0.3, -0.25) is 9.69 Å².